The summed E-state index contributed by atoms with van der Waals surface area (Å²) in [5.74, 6) is -4.46. The van der Waals surface area contributed by atoms with E-state index in [1.165, 1.54) is 0 Å². The average Bonchev–Trinajstić information content (AvgIpc) is 2.79. The van der Waals surface area contributed by atoms with Crippen molar-refractivity contribution < 1.29 is 28.0 Å². The lowest BCUT2D eigenvalue weighted by Crippen LogP contribution is -2.27. The van der Waals surface area contributed by atoms with Crippen LogP contribution in [-0.2, 0) is 14.3 Å². The number of carbonyl (C=O) groups is 2. The highest BCUT2D eigenvalue weighted by Gasteiger charge is 2.37. The predicted molar refractivity (Wildman–Crippen MR) is 65.5 cm³/mol. The number of hydrogen-bond donors (Lipinski definition) is 0. The van der Waals surface area contributed by atoms with Crippen LogP contribution in [0.25, 0.3) is 0 Å². The molecule has 1 fully saturated rings. The minimum Gasteiger partial charge on any atom is -0.469 e. The number of nitrogens with zero attached hydrogens (tertiary/aromatic N) is 2. The van der Waals surface area contributed by atoms with Crippen LogP contribution in [-0.4, -0.2) is 30.5 Å². The molecule has 1 unspecified atom stereocenters. The average molecular weight is 300 g/mol. The summed E-state index contributed by atoms with van der Waals surface area (Å²) < 4.78 is 31.5. The van der Waals surface area contributed by atoms with Gasteiger partial charge in [0.2, 0.25) is 11.7 Å². The molecule has 9 heteroatoms. The molecule has 1 aromatic carbocycles. The molecule has 1 aliphatic heterocycles. The highest BCUT2D eigenvalue weighted by Crippen LogP contribution is 2.32. The van der Waals surface area contributed by atoms with Gasteiger partial charge in [-0.15, -0.1) is 0 Å². The highest BCUT2D eigenvalue weighted by atomic mass is 19.1. The maximum absolute atomic E-state index is 13.8. The van der Waals surface area contributed by atoms with Gasteiger partial charge in [0.15, 0.2) is 0 Å². The fraction of sp³-hybridized carbons (Fsp3) is 0.333. The van der Waals surface area contributed by atoms with Gasteiger partial charge in [0.25, 0.3) is 0 Å². The van der Waals surface area contributed by atoms with Gasteiger partial charge in [-0.2, -0.15) is 4.39 Å². The van der Waals surface area contributed by atoms with Crippen molar-refractivity contribution in [2.75, 3.05) is 18.6 Å². The number of anilines is 1. The first kappa shape index (κ1) is 14.8. The van der Waals surface area contributed by atoms with Crippen LogP contribution in [0.3, 0.4) is 0 Å². The third-order valence-corrected chi connectivity index (χ3v) is 3.16. The molecule has 0 saturated carbocycles. The normalized spacial score (nSPS) is 18.0. The lowest BCUT2D eigenvalue weighted by Gasteiger charge is -2.17. The van der Waals surface area contributed by atoms with E-state index in [2.05, 4.69) is 4.74 Å². The van der Waals surface area contributed by atoms with Crippen LogP contribution in [0.15, 0.2) is 12.1 Å². The Morgan fingerprint density at radius 1 is 1.43 bits per heavy atom. The Morgan fingerprint density at radius 2 is 2.10 bits per heavy atom. The maximum atomic E-state index is 13.8. The zero-order valence-corrected chi connectivity index (χ0v) is 10.8. The molecule has 0 bridgehead atoms. The van der Waals surface area contributed by atoms with E-state index in [9.17, 15) is 28.5 Å². The third kappa shape index (κ3) is 2.67. The van der Waals surface area contributed by atoms with Gasteiger partial charge in [0.05, 0.1) is 23.6 Å². The van der Waals surface area contributed by atoms with Crippen LogP contribution in [0.5, 0.6) is 0 Å². The summed E-state index contributed by atoms with van der Waals surface area (Å²) >= 11 is 0. The van der Waals surface area contributed by atoms with Gasteiger partial charge in [0.1, 0.15) is 5.82 Å². The zero-order chi connectivity index (χ0) is 15.7. The van der Waals surface area contributed by atoms with Crippen molar-refractivity contribution in [3.05, 3.63) is 33.9 Å². The summed E-state index contributed by atoms with van der Waals surface area (Å²) in [6, 6.07) is 0.981. The van der Waals surface area contributed by atoms with Crippen molar-refractivity contribution >= 4 is 23.3 Å². The molecule has 2 rings (SSSR count). The largest absolute Gasteiger partial charge is 0.469 e. The van der Waals surface area contributed by atoms with Crippen molar-refractivity contribution in [2.24, 2.45) is 5.92 Å². The number of methoxy groups -OCH3 is 1. The predicted octanol–water partition coefficient (Wildman–Crippen LogP) is 1.40. The Kier molecular flexibility index (Phi) is 3.83. The minimum absolute atomic E-state index is 0.175. The molecule has 1 aliphatic rings. The summed E-state index contributed by atoms with van der Waals surface area (Å²) in [5.41, 5.74) is -1.37. The smallest absolute Gasteiger partial charge is 0.311 e. The highest BCUT2D eigenvalue weighted by molar-refractivity contribution is 5.99. The number of benzene rings is 1. The van der Waals surface area contributed by atoms with Crippen LogP contribution in [0.2, 0.25) is 0 Å². The number of nitro groups is 1. The second kappa shape index (κ2) is 5.43. The number of esters is 1. The maximum Gasteiger partial charge on any atom is 0.311 e. The number of amides is 1. The Balaban J connectivity index is 2.38. The van der Waals surface area contributed by atoms with E-state index in [1.807, 2.05) is 0 Å². The summed E-state index contributed by atoms with van der Waals surface area (Å²) in [6.07, 6.45) is -0.197. The Morgan fingerprint density at radius 3 is 2.67 bits per heavy atom. The molecular formula is C12H10F2N2O5. The molecule has 0 aliphatic carbocycles. The third-order valence-electron chi connectivity index (χ3n) is 3.16. The van der Waals surface area contributed by atoms with Gasteiger partial charge in [-0.3, -0.25) is 19.7 Å². The number of rotatable bonds is 3. The fourth-order valence-corrected chi connectivity index (χ4v) is 2.14. The lowest BCUT2D eigenvalue weighted by molar-refractivity contribution is -0.387. The zero-order valence-electron chi connectivity index (χ0n) is 10.8. The first-order valence-electron chi connectivity index (χ1n) is 5.86. The monoisotopic (exact) mass is 300 g/mol. The summed E-state index contributed by atoms with van der Waals surface area (Å²) in [4.78, 5) is 33.7. The molecule has 112 valence electrons. The first-order valence-corrected chi connectivity index (χ1v) is 5.86. The van der Waals surface area contributed by atoms with Crippen LogP contribution in [0.4, 0.5) is 20.2 Å². The quantitative estimate of drug-likeness (QED) is 0.478. The molecule has 1 saturated heterocycles. The van der Waals surface area contributed by atoms with Gasteiger partial charge >= 0.3 is 11.7 Å². The Labute approximate surface area is 117 Å². The van der Waals surface area contributed by atoms with Crippen LogP contribution < -0.4 is 4.90 Å². The van der Waals surface area contributed by atoms with Gasteiger partial charge in [0, 0.05) is 25.1 Å². The Hall–Kier alpha value is -2.58. The lowest BCUT2D eigenvalue weighted by atomic mass is 10.1. The number of carbonyl (C=O) groups excluding carboxylic acids is 2. The fourth-order valence-electron chi connectivity index (χ4n) is 2.14. The van der Waals surface area contributed by atoms with E-state index in [-0.39, 0.29) is 13.0 Å². The van der Waals surface area contributed by atoms with E-state index < -0.39 is 45.7 Å². The molecule has 1 heterocycles. The second-order valence-corrected chi connectivity index (χ2v) is 4.44. The molecule has 7 nitrogen and oxygen atoms in total. The van der Waals surface area contributed by atoms with E-state index in [4.69, 9.17) is 0 Å². The van der Waals surface area contributed by atoms with E-state index >= 15 is 0 Å². The summed E-state index contributed by atoms with van der Waals surface area (Å²) in [6.45, 7) is -0.175. The van der Waals surface area contributed by atoms with Crippen LogP contribution >= 0.6 is 0 Å². The van der Waals surface area contributed by atoms with E-state index in [0.717, 1.165) is 12.0 Å². The molecule has 1 aromatic rings. The van der Waals surface area contributed by atoms with Crippen LogP contribution in [0.1, 0.15) is 6.42 Å². The van der Waals surface area contributed by atoms with Gasteiger partial charge < -0.3 is 9.64 Å². The summed E-state index contributed by atoms with van der Waals surface area (Å²) in [7, 11) is 1.15. The summed E-state index contributed by atoms with van der Waals surface area (Å²) in [5, 5.41) is 10.7. The van der Waals surface area contributed by atoms with Gasteiger partial charge in [-0.25, -0.2) is 4.39 Å². The number of nitro benzene ring substituents is 1. The van der Waals surface area contributed by atoms with Crippen molar-refractivity contribution in [1.29, 1.82) is 0 Å². The van der Waals surface area contributed by atoms with Crippen molar-refractivity contribution in [1.82, 2.24) is 0 Å². The molecule has 21 heavy (non-hydrogen) atoms. The molecule has 0 N–H and O–H groups in total. The molecule has 0 radical (unpaired) electrons. The van der Waals surface area contributed by atoms with Gasteiger partial charge in [-0.05, 0) is 0 Å². The number of ether oxygens (including phenoxy) is 1. The SMILES string of the molecule is COC(=O)C1CC(=O)N(c2cc([N+](=O)[O-])c(F)cc2F)C1. The molecule has 1 atom stereocenters. The van der Waals surface area contributed by atoms with E-state index in [0.29, 0.717) is 12.1 Å². The van der Waals surface area contributed by atoms with Gasteiger partial charge in [-0.1, -0.05) is 0 Å². The standard InChI is InChI=1S/C12H10F2N2O5/c1-21-12(18)6-2-11(17)15(5-6)9-4-10(16(19)20)8(14)3-7(9)13/h3-4,6H,2,5H2,1H3. The van der Waals surface area contributed by atoms with Crippen molar-refractivity contribution in [3.8, 4) is 0 Å². The van der Waals surface area contributed by atoms with Crippen LogP contribution in [0, 0.1) is 27.7 Å². The van der Waals surface area contributed by atoms with Crippen molar-refractivity contribution in [2.45, 2.75) is 6.42 Å². The molecule has 0 aromatic heterocycles. The first-order chi connectivity index (χ1) is 9.85. The van der Waals surface area contributed by atoms with E-state index in [1.54, 1.807) is 0 Å². The topological polar surface area (TPSA) is 89.8 Å². The van der Waals surface area contributed by atoms with Crippen molar-refractivity contribution in [3.63, 3.8) is 0 Å². The number of hydrogen-bond acceptors (Lipinski definition) is 5. The second-order valence-electron chi connectivity index (χ2n) is 4.44. The molecule has 1 amide bonds. The molecule has 0 spiro atoms. The molecular weight excluding hydrogens is 290 g/mol. The number of halogens is 2. The minimum atomic E-state index is -1.34. The Bertz CT molecular complexity index is 634.